The van der Waals surface area contributed by atoms with Crippen LogP contribution in [0, 0.1) is 6.92 Å². The van der Waals surface area contributed by atoms with Gasteiger partial charge in [-0.25, -0.2) is 0 Å². The Balaban J connectivity index is 1.46. The fourth-order valence-electron chi connectivity index (χ4n) is 4.92. The third-order valence-corrected chi connectivity index (χ3v) is 6.88. The lowest BCUT2D eigenvalue weighted by molar-refractivity contribution is 0.0139. The van der Waals surface area contributed by atoms with E-state index in [2.05, 4.69) is 5.32 Å². The lowest BCUT2D eigenvalue weighted by atomic mass is 9.78. The van der Waals surface area contributed by atoms with Gasteiger partial charge in [-0.05, 0) is 56.4 Å². The molecule has 1 aliphatic heterocycles. The zero-order valence-electron chi connectivity index (χ0n) is 17.4. The molecule has 1 spiro atoms. The van der Waals surface area contributed by atoms with Crippen LogP contribution in [0.1, 0.15) is 70.6 Å². The zero-order chi connectivity index (χ0) is 21.6. The largest absolute Gasteiger partial charge is 0.486 e. The van der Waals surface area contributed by atoms with Gasteiger partial charge in [-0.1, -0.05) is 36.2 Å². The van der Waals surface area contributed by atoms with Crippen LogP contribution in [0.15, 0.2) is 40.8 Å². The number of furan rings is 1. The Labute approximate surface area is 185 Å². The van der Waals surface area contributed by atoms with Gasteiger partial charge in [0.1, 0.15) is 16.9 Å². The van der Waals surface area contributed by atoms with E-state index in [4.69, 9.17) is 20.8 Å². The predicted octanol–water partition coefficient (Wildman–Crippen LogP) is 5.99. The summed E-state index contributed by atoms with van der Waals surface area (Å²) >= 11 is 6.18. The Morgan fingerprint density at radius 3 is 2.68 bits per heavy atom. The molecule has 1 N–H and O–H groups in total. The van der Waals surface area contributed by atoms with Crippen molar-refractivity contribution in [1.82, 2.24) is 5.32 Å². The van der Waals surface area contributed by atoms with Crippen LogP contribution in [-0.2, 0) is 6.54 Å². The lowest BCUT2D eigenvalue weighted by Gasteiger charge is -2.40. The number of rotatable bonds is 3. The predicted molar refractivity (Wildman–Crippen MR) is 119 cm³/mol. The Bertz CT molecular complexity index is 1190. The molecular formula is C25H24ClNO4. The summed E-state index contributed by atoms with van der Waals surface area (Å²) in [6.45, 7) is 2.10. The molecule has 5 nitrogen and oxygen atoms in total. The molecule has 2 aromatic carbocycles. The van der Waals surface area contributed by atoms with E-state index in [-0.39, 0.29) is 29.6 Å². The molecule has 2 aliphatic rings. The van der Waals surface area contributed by atoms with Gasteiger partial charge in [-0.2, -0.15) is 0 Å². The van der Waals surface area contributed by atoms with Crippen molar-refractivity contribution in [1.29, 1.82) is 0 Å². The van der Waals surface area contributed by atoms with Crippen molar-refractivity contribution in [3.63, 3.8) is 0 Å². The van der Waals surface area contributed by atoms with Crippen molar-refractivity contribution in [3.8, 4) is 5.75 Å². The maximum absolute atomic E-state index is 13.2. The van der Waals surface area contributed by atoms with Crippen molar-refractivity contribution < 1.29 is 18.7 Å². The number of carbonyl (C=O) groups excluding carboxylic acids is 2. The first-order chi connectivity index (χ1) is 15.0. The summed E-state index contributed by atoms with van der Waals surface area (Å²) in [7, 11) is 0. The van der Waals surface area contributed by atoms with E-state index in [1.54, 1.807) is 18.2 Å². The number of aryl methyl sites for hydroxylation is 1. The first kappa shape index (κ1) is 20.1. The fraction of sp³-hybridized carbons (Fsp3) is 0.360. The van der Waals surface area contributed by atoms with Crippen LogP contribution in [0.3, 0.4) is 0 Å². The van der Waals surface area contributed by atoms with Crippen LogP contribution < -0.4 is 10.1 Å². The molecule has 5 rings (SSSR count). The van der Waals surface area contributed by atoms with Gasteiger partial charge in [0.25, 0.3) is 5.91 Å². The molecule has 6 heteroatoms. The van der Waals surface area contributed by atoms with Crippen LogP contribution in [0.5, 0.6) is 5.75 Å². The zero-order valence-corrected chi connectivity index (χ0v) is 18.2. The Hall–Kier alpha value is -2.79. The van der Waals surface area contributed by atoms with Gasteiger partial charge in [0.2, 0.25) is 0 Å². The SMILES string of the molecule is Cc1c(C(=O)NCc2ccccc2Cl)oc2ccc3c(c12)C(=O)CC1(CCCCC1)O3. The number of ether oxygens (including phenoxy) is 1. The number of hydrogen-bond donors (Lipinski definition) is 1. The first-order valence-corrected chi connectivity index (χ1v) is 11.2. The monoisotopic (exact) mass is 437 g/mol. The number of halogens is 1. The third-order valence-electron chi connectivity index (χ3n) is 6.51. The summed E-state index contributed by atoms with van der Waals surface area (Å²) in [6, 6.07) is 11.0. The number of fused-ring (bicyclic) bond motifs is 3. The van der Waals surface area contributed by atoms with E-state index in [0.717, 1.165) is 31.2 Å². The molecule has 0 bridgehead atoms. The van der Waals surface area contributed by atoms with Crippen molar-refractivity contribution in [3.05, 3.63) is 63.9 Å². The Morgan fingerprint density at radius 1 is 1.13 bits per heavy atom. The number of amides is 1. The summed E-state index contributed by atoms with van der Waals surface area (Å²) in [5, 5.41) is 4.13. The van der Waals surface area contributed by atoms with Crippen molar-refractivity contribution in [2.24, 2.45) is 0 Å². The number of carbonyl (C=O) groups is 2. The standard InChI is InChI=1S/C25H24ClNO4/c1-15-21-19(30-23(15)24(29)27-14-16-7-3-4-8-17(16)26)9-10-20-22(21)18(28)13-25(31-20)11-5-2-6-12-25/h3-4,7-10H,2,5-6,11-14H2,1H3,(H,27,29). The molecular weight excluding hydrogens is 414 g/mol. The number of ketones is 1. The van der Waals surface area contributed by atoms with Crippen molar-refractivity contribution in [2.75, 3.05) is 0 Å². The van der Waals surface area contributed by atoms with Crippen molar-refractivity contribution >= 4 is 34.3 Å². The number of Topliss-reactive ketones (excluding diaryl/α,β-unsaturated/α-hetero) is 1. The molecule has 0 atom stereocenters. The van der Waals surface area contributed by atoms with Gasteiger partial charge < -0.3 is 14.5 Å². The van der Waals surface area contributed by atoms with Crippen LogP contribution in [0.4, 0.5) is 0 Å². The van der Waals surface area contributed by atoms with E-state index in [9.17, 15) is 9.59 Å². The van der Waals surface area contributed by atoms with E-state index in [1.807, 2.05) is 25.1 Å². The lowest BCUT2D eigenvalue weighted by Crippen LogP contribution is -2.43. The van der Waals surface area contributed by atoms with Gasteiger partial charge in [0.05, 0.1) is 12.0 Å². The highest BCUT2D eigenvalue weighted by atomic mass is 35.5. The molecule has 2 heterocycles. The third kappa shape index (κ3) is 3.51. The summed E-state index contributed by atoms with van der Waals surface area (Å²) in [6.07, 6.45) is 5.58. The normalized spacial score (nSPS) is 17.4. The van der Waals surface area contributed by atoms with Crippen LogP contribution in [-0.4, -0.2) is 17.3 Å². The molecule has 31 heavy (non-hydrogen) atoms. The topological polar surface area (TPSA) is 68.5 Å². The van der Waals surface area contributed by atoms with Crippen molar-refractivity contribution in [2.45, 2.75) is 57.6 Å². The summed E-state index contributed by atoms with van der Waals surface area (Å²) in [5.41, 5.74) is 2.17. The van der Waals surface area contributed by atoms with E-state index < -0.39 is 0 Å². The molecule has 1 amide bonds. The maximum Gasteiger partial charge on any atom is 0.287 e. The highest BCUT2D eigenvalue weighted by molar-refractivity contribution is 6.31. The average Bonchev–Trinajstić information content (AvgIpc) is 3.10. The first-order valence-electron chi connectivity index (χ1n) is 10.8. The average molecular weight is 438 g/mol. The molecule has 0 saturated heterocycles. The number of nitrogens with one attached hydrogen (secondary N) is 1. The maximum atomic E-state index is 13.2. The molecule has 1 saturated carbocycles. The fourth-order valence-corrected chi connectivity index (χ4v) is 5.13. The molecule has 1 fully saturated rings. The van der Waals surface area contributed by atoms with Crippen LogP contribution >= 0.6 is 11.6 Å². The van der Waals surface area contributed by atoms with E-state index in [0.29, 0.717) is 39.3 Å². The minimum atomic E-state index is -0.372. The molecule has 1 aromatic heterocycles. The number of hydrogen-bond acceptors (Lipinski definition) is 4. The summed E-state index contributed by atoms with van der Waals surface area (Å²) < 4.78 is 12.3. The van der Waals surface area contributed by atoms with Crippen LogP contribution in [0.2, 0.25) is 5.02 Å². The van der Waals surface area contributed by atoms with Gasteiger partial charge in [-0.3, -0.25) is 9.59 Å². The van der Waals surface area contributed by atoms with Gasteiger partial charge in [0.15, 0.2) is 11.5 Å². The Morgan fingerprint density at radius 2 is 1.90 bits per heavy atom. The highest BCUT2D eigenvalue weighted by Crippen LogP contribution is 2.45. The minimum Gasteiger partial charge on any atom is -0.486 e. The Kier molecular flexibility index (Phi) is 5.01. The molecule has 160 valence electrons. The van der Waals surface area contributed by atoms with Crippen LogP contribution in [0.25, 0.3) is 11.0 Å². The second-order valence-electron chi connectivity index (χ2n) is 8.59. The van der Waals surface area contributed by atoms with E-state index >= 15 is 0 Å². The second-order valence-corrected chi connectivity index (χ2v) is 8.99. The van der Waals surface area contributed by atoms with E-state index in [1.165, 1.54) is 6.42 Å². The van der Waals surface area contributed by atoms with Gasteiger partial charge >= 0.3 is 0 Å². The van der Waals surface area contributed by atoms with Gasteiger partial charge in [-0.15, -0.1) is 0 Å². The molecule has 0 unspecified atom stereocenters. The smallest absolute Gasteiger partial charge is 0.287 e. The minimum absolute atomic E-state index is 0.0701. The quantitative estimate of drug-likeness (QED) is 0.546. The summed E-state index contributed by atoms with van der Waals surface area (Å²) in [4.78, 5) is 26.1. The second kappa shape index (κ2) is 7.72. The number of benzene rings is 2. The molecule has 1 aliphatic carbocycles. The molecule has 3 aromatic rings. The summed E-state index contributed by atoms with van der Waals surface area (Å²) in [5.74, 6) is 0.551. The highest BCUT2D eigenvalue weighted by Gasteiger charge is 2.42. The molecule has 0 radical (unpaired) electrons. The van der Waals surface area contributed by atoms with Gasteiger partial charge in [0, 0.05) is 22.5 Å².